The SMILES string of the molecule is CCN1CCCC1CN1CC(C(=O)Nc2cccc(CCC(=O)O)c2)CC1=O. The Hall–Kier alpha value is -2.41. The van der Waals surface area contributed by atoms with Gasteiger partial charge in [0.2, 0.25) is 11.8 Å². The molecule has 2 amide bonds. The number of rotatable bonds is 8. The van der Waals surface area contributed by atoms with Gasteiger partial charge in [0, 0.05) is 37.7 Å². The molecule has 2 atom stereocenters. The van der Waals surface area contributed by atoms with E-state index in [2.05, 4.69) is 17.1 Å². The number of carbonyl (C=O) groups is 3. The van der Waals surface area contributed by atoms with Gasteiger partial charge in [-0.1, -0.05) is 19.1 Å². The highest BCUT2D eigenvalue weighted by molar-refractivity contribution is 5.97. The molecule has 3 rings (SSSR count). The third kappa shape index (κ3) is 5.10. The van der Waals surface area contributed by atoms with E-state index in [0.29, 0.717) is 31.2 Å². The Balaban J connectivity index is 1.54. The molecule has 2 aliphatic heterocycles. The van der Waals surface area contributed by atoms with Gasteiger partial charge < -0.3 is 15.3 Å². The van der Waals surface area contributed by atoms with Gasteiger partial charge in [-0.2, -0.15) is 0 Å². The number of likely N-dealkylation sites (N-methyl/N-ethyl adjacent to an activating group) is 1. The first-order valence-electron chi connectivity index (χ1n) is 10.1. The molecule has 1 aromatic rings. The molecule has 2 saturated heterocycles. The predicted molar refractivity (Wildman–Crippen MR) is 106 cm³/mol. The van der Waals surface area contributed by atoms with Gasteiger partial charge in [0.1, 0.15) is 0 Å². The second kappa shape index (κ2) is 9.19. The molecule has 2 fully saturated rings. The van der Waals surface area contributed by atoms with Crippen molar-refractivity contribution in [2.75, 3.05) is 31.5 Å². The van der Waals surface area contributed by atoms with Gasteiger partial charge in [-0.15, -0.1) is 0 Å². The van der Waals surface area contributed by atoms with Crippen LogP contribution in [0.1, 0.15) is 38.2 Å². The first-order valence-corrected chi connectivity index (χ1v) is 10.1. The van der Waals surface area contributed by atoms with E-state index in [4.69, 9.17) is 5.11 Å². The van der Waals surface area contributed by atoms with Gasteiger partial charge in [0.25, 0.3) is 0 Å². The van der Waals surface area contributed by atoms with Crippen molar-refractivity contribution < 1.29 is 19.5 Å². The maximum absolute atomic E-state index is 12.6. The van der Waals surface area contributed by atoms with Crippen molar-refractivity contribution in [2.24, 2.45) is 5.92 Å². The molecule has 2 N–H and O–H groups in total. The molecule has 0 radical (unpaired) electrons. The van der Waals surface area contributed by atoms with Crippen LogP contribution in [-0.4, -0.2) is 64.9 Å². The Morgan fingerprint density at radius 2 is 2.14 bits per heavy atom. The topological polar surface area (TPSA) is 89.9 Å². The second-order valence-electron chi connectivity index (χ2n) is 7.71. The molecule has 0 spiro atoms. The standard InChI is InChI=1S/C21H29N3O4/c1-2-23-10-4-7-18(23)14-24-13-16(12-19(24)25)21(28)22-17-6-3-5-15(11-17)8-9-20(26)27/h3,5-6,11,16,18H,2,4,7-10,12-14H2,1H3,(H,22,28)(H,26,27). The zero-order valence-electron chi connectivity index (χ0n) is 16.4. The number of amides is 2. The van der Waals surface area contributed by atoms with E-state index in [-0.39, 0.29) is 30.6 Å². The number of carboxylic acid groups (broad SMARTS) is 1. The number of aryl methyl sites for hydroxylation is 1. The Morgan fingerprint density at radius 3 is 2.89 bits per heavy atom. The molecule has 28 heavy (non-hydrogen) atoms. The molecular weight excluding hydrogens is 358 g/mol. The molecule has 2 aliphatic rings. The van der Waals surface area contributed by atoms with E-state index in [1.165, 1.54) is 6.42 Å². The van der Waals surface area contributed by atoms with Crippen molar-refractivity contribution in [1.29, 1.82) is 0 Å². The minimum absolute atomic E-state index is 0.0540. The van der Waals surface area contributed by atoms with Gasteiger partial charge in [-0.25, -0.2) is 0 Å². The molecule has 0 aromatic heterocycles. The number of hydrogen-bond acceptors (Lipinski definition) is 4. The summed E-state index contributed by atoms with van der Waals surface area (Å²) in [5, 5.41) is 11.7. The van der Waals surface area contributed by atoms with E-state index >= 15 is 0 Å². The number of likely N-dealkylation sites (tertiary alicyclic amines) is 2. The summed E-state index contributed by atoms with van der Waals surface area (Å²) in [6.07, 6.45) is 3.01. The highest BCUT2D eigenvalue weighted by Crippen LogP contribution is 2.24. The third-order valence-corrected chi connectivity index (χ3v) is 5.74. The maximum atomic E-state index is 12.6. The summed E-state index contributed by atoms with van der Waals surface area (Å²) in [5.74, 6) is -1.28. The largest absolute Gasteiger partial charge is 0.481 e. The summed E-state index contributed by atoms with van der Waals surface area (Å²) in [4.78, 5) is 40.0. The van der Waals surface area contributed by atoms with Crippen molar-refractivity contribution in [1.82, 2.24) is 9.80 Å². The Kier molecular flexibility index (Phi) is 6.67. The lowest BCUT2D eigenvalue weighted by molar-refractivity contribution is -0.137. The quantitative estimate of drug-likeness (QED) is 0.712. The van der Waals surface area contributed by atoms with Gasteiger partial charge in [-0.05, 0) is 50.0 Å². The fourth-order valence-corrected chi connectivity index (χ4v) is 4.20. The van der Waals surface area contributed by atoms with E-state index in [0.717, 1.165) is 25.1 Å². The molecule has 0 bridgehead atoms. The zero-order valence-corrected chi connectivity index (χ0v) is 16.4. The predicted octanol–water partition coefficient (Wildman–Crippen LogP) is 1.98. The van der Waals surface area contributed by atoms with Gasteiger partial charge >= 0.3 is 5.97 Å². The molecule has 2 heterocycles. The molecule has 2 unspecified atom stereocenters. The van der Waals surface area contributed by atoms with Crippen molar-refractivity contribution in [3.8, 4) is 0 Å². The average molecular weight is 387 g/mol. The van der Waals surface area contributed by atoms with Crippen LogP contribution in [0.5, 0.6) is 0 Å². The summed E-state index contributed by atoms with van der Waals surface area (Å²) in [5.41, 5.74) is 1.51. The fourth-order valence-electron chi connectivity index (χ4n) is 4.20. The third-order valence-electron chi connectivity index (χ3n) is 5.74. The number of aliphatic carboxylic acids is 1. The monoisotopic (exact) mass is 387 g/mol. The number of nitrogens with zero attached hydrogens (tertiary/aromatic N) is 2. The van der Waals surface area contributed by atoms with Crippen LogP contribution in [0.3, 0.4) is 0 Å². The molecule has 1 aromatic carbocycles. The van der Waals surface area contributed by atoms with E-state index in [1.54, 1.807) is 18.2 Å². The number of hydrogen-bond donors (Lipinski definition) is 2. The Labute approximate surface area is 165 Å². The van der Waals surface area contributed by atoms with E-state index in [9.17, 15) is 14.4 Å². The van der Waals surface area contributed by atoms with Crippen LogP contribution in [0, 0.1) is 5.92 Å². The van der Waals surface area contributed by atoms with Crippen molar-refractivity contribution in [3.63, 3.8) is 0 Å². The lowest BCUT2D eigenvalue weighted by atomic mass is 10.1. The van der Waals surface area contributed by atoms with Crippen molar-refractivity contribution in [3.05, 3.63) is 29.8 Å². The average Bonchev–Trinajstić information content (AvgIpc) is 3.27. The lowest BCUT2D eigenvalue weighted by Crippen LogP contribution is -2.41. The number of carboxylic acids is 1. The first-order chi connectivity index (χ1) is 13.5. The summed E-state index contributed by atoms with van der Waals surface area (Å²) in [6, 6.07) is 7.64. The number of benzene rings is 1. The molecule has 7 nitrogen and oxygen atoms in total. The minimum atomic E-state index is -0.845. The van der Waals surface area contributed by atoms with Crippen LogP contribution in [0.2, 0.25) is 0 Å². The van der Waals surface area contributed by atoms with Crippen LogP contribution in [0.15, 0.2) is 24.3 Å². The van der Waals surface area contributed by atoms with Gasteiger partial charge in [-0.3, -0.25) is 19.3 Å². The highest BCUT2D eigenvalue weighted by atomic mass is 16.4. The Bertz CT molecular complexity index is 736. The number of nitrogens with one attached hydrogen (secondary N) is 1. The van der Waals surface area contributed by atoms with Crippen molar-refractivity contribution in [2.45, 2.75) is 45.1 Å². The summed E-state index contributed by atoms with van der Waals surface area (Å²) < 4.78 is 0. The molecule has 152 valence electrons. The lowest BCUT2D eigenvalue weighted by Gasteiger charge is -2.27. The minimum Gasteiger partial charge on any atom is -0.481 e. The zero-order chi connectivity index (χ0) is 20.1. The van der Waals surface area contributed by atoms with E-state index in [1.807, 2.05) is 11.0 Å². The van der Waals surface area contributed by atoms with Gasteiger partial charge in [0.15, 0.2) is 0 Å². The summed E-state index contributed by atoms with van der Waals surface area (Å²) in [6.45, 7) is 5.41. The van der Waals surface area contributed by atoms with Crippen LogP contribution in [0.25, 0.3) is 0 Å². The number of anilines is 1. The molecule has 7 heteroatoms. The molecule has 0 aliphatic carbocycles. The molecule has 0 saturated carbocycles. The summed E-state index contributed by atoms with van der Waals surface area (Å²) in [7, 11) is 0. The first kappa shape index (κ1) is 20.3. The molecular formula is C21H29N3O4. The van der Waals surface area contributed by atoms with Crippen LogP contribution in [0.4, 0.5) is 5.69 Å². The van der Waals surface area contributed by atoms with Crippen molar-refractivity contribution >= 4 is 23.5 Å². The Morgan fingerprint density at radius 1 is 1.32 bits per heavy atom. The van der Waals surface area contributed by atoms with Gasteiger partial charge in [0.05, 0.1) is 5.92 Å². The fraction of sp³-hybridized carbons (Fsp3) is 0.571. The normalized spacial score (nSPS) is 22.6. The van der Waals surface area contributed by atoms with Crippen LogP contribution >= 0.6 is 0 Å². The highest BCUT2D eigenvalue weighted by Gasteiger charge is 2.36. The maximum Gasteiger partial charge on any atom is 0.303 e. The van der Waals surface area contributed by atoms with Crippen LogP contribution in [-0.2, 0) is 20.8 Å². The second-order valence-corrected chi connectivity index (χ2v) is 7.71. The number of carbonyl (C=O) groups excluding carboxylic acids is 2. The smallest absolute Gasteiger partial charge is 0.303 e. The summed E-state index contributed by atoms with van der Waals surface area (Å²) >= 11 is 0. The van der Waals surface area contributed by atoms with Crippen LogP contribution < -0.4 is 5.32 Å². The van der Waals surface area contributed by atoms with E-state index < -0.39 is 5.97 Å².